The maximum Gasteiger partial charge on any atom is 0.335 e. The maximum atomic E-state index is 15.0. The summed E-state index contributed by atoms with van der Waals surface area (Å²) in [5.41, 5.74) is 0.196. The van der Waals surface area contributed by atoms with Gasteiger partial charge < -0.3 is 94.6 Å². The van der Waals surface area contributed by atoms with Gasteiger partial charge in [0, 0.05) is 11.3 Å². The second-order valence-corrected chi connectivity index (χ2v) is 19.8. The second kappa shape index (κ2) is 21.5. The number of benzene rings is 4. The van der Waals surface area contributed by atoms with Gasteiger partial charge in [0.25, 0.3) is 0 Å². The summed E-state index contributed by atoms with van der Waals surface area (Å²) in [6.45, 7) is 0. The number of carbonyl (C=O) groups is 4. The third-order valence-electron chi connectivity index (χ3n) is 12.8. The average molecular weight is 1060 g/mol. The summed E-state index contributed by atoms with van der Waals surface area (Å²) in [7, 11) is -4.97. The van der Waals surface area contributed by atoms with E-state index in [2.05, 4.69) is 0 Å². The molecule has 4 heterocycles. The number of para-hydroxylation sites is 1. The Morgan fingerprint density at radius 1 is 0.581 bits per heavy atom. The SMILES string of the molecule is O=C(O)C1O[C@@H](Oc2cccc(-c3ccc([C@@H]4[C@@H](S(=O)(=O)C[C@H](O[C@@H]5OC(C(=O)O)[C@@H](O)[C@H](O)C5O)c5ccc(F)cc5)C(=O)N4c4ccccc4)c(O[C@@H]4OC(C(=O)O)C(O)[C@H](O)C4O)c3)c2)C(O)[C@@H](O)C1O. The smallest absolute Gasteiger partial charge is 0.335 e. The molecule has 0 spiro atoms. The molecule has 4 aromatic carbocycles. The molecule has 0 aromatic heterocycles. The van der Waals surface area contributed by atoms with Crippen LogP contribution in [-0.4, -0.2) is 197 Å². The van der Waals surface area contributed by atoms with E-state index in [0.717, 1.165) is 29.2 Å². The minimum Gasteiger partial charge on any atom is -0.479 e. The van der Waals surface area contributed by atoms with Crippen molar-refractivity contribution >= 4 is 39.3 Å². The largest absolute Gasteiger partial charge is 0.479 e. The van der Waals surface area contributed by atoms with Crippen LogP contribution in [0.5, 0.6) is 11.5 Å². The fourth-order valence-corrected chi connectivity index (χ4v) is 10.9. The standard InChI is InChI=1S/C47H48FNO24S/c48-21-12-9-18(10-13-21)26(70-47-36(58)30(52)33(55)39(73-47)44(64)65)17-74(66,67)40-27(49(41(40)59)22-6-2-1-3-7-22)24-14-11-20(16-25(24)69-46-35(57)29(51)32(54)38(72-46)43(62)63)19-5-4-8-23(15-19)68-45-34(56)28(50)31(53)37(71-45)42(60)61/h1-16,26-40,45-47,50-58H,17H2,(H,60,61)(H,62,63)(H,64,65)/t26-,27+,28-,29-,30-,31?,32?,33-,34?,35?,36?,37?,38?,39?,40+,45+,46+,47+/m0/s1. The normalized spacial score (nSPS) is 33.7. The Kier molecular flexibility index (Phi) is 15.7. The van der Waals surface area contributed by atoms with Gasteiger partial charge in [0.2, 0.25) is 18.5 Å². The first-order chi connectivity index (χ1) is 35.0. The van der Waals surface area contributed by atoms with Gasteiger partial charge in [-0.25, -0.2) is 27.2 Å². The molecule has 25 nitrogen and oxygen atoms in total. The Morgan fingerprint density at radius 2 is 1.08 bits per heavy atom. The summed E-state index contributed by atoms with van der Waals surface area (Å²) in [5, 5.41) is 122. The number of carboxylic acids is 3. The number of nitrogens with zero attached hydrogens (tertiary/aromatic N) is 1. The molecule has 12 N–H and O–H groups in total. The van der Waals surface area contributed by atoms with E-state index in [1.54, 1.807) is 6.07 Å². The quantitative estimate of drug-likeness (QED) is 0.0519. The van der Waals surface area contributed by atoms with Crippen LogP contribution in [0.3, 0.4) is 0 Å². The van der Waals surface area contributed by atoms with Gasteiger partial charge in [-0.3, -0.25) is 4.79 Å². The number of hydrogen-bond acceptors (Lipinski definition) is 21. The van der Waals surface area contributed by atoms with Crippen LogP contribution in [-0.2, 0) is 48.0 Å². The molecule has 4 aliphatic heterocycles. The van der Waals surface area contributed by atoms with E-state index < -0.39 is 160 Å². The summed E-state index contributed by atoms with van der Waals surface area (Å²) in [6.07, 6.45) is -33.4. The van der Waals surface area contributed by atoms with Gasteiger partial charge in [-0.05, 0) is 59.2 Å². The van der Waals surface area contributed by atoms with Crippen molar-refractivity contribution in [1.82, 2.24) is 0 Å². The fourth-order valence-electron chi connectivity index (χ4n) is 8.89. The molecule has 4 aromatic rings. The molecule has 4 aliphatic rings. The molecule has 27 heteroatoms. The Hall–Kier alpha value is -6.28. The van der Waals surface area contributed by atoms with Crippen LogP contribution < -0.4 is 14.4 Å². The van der Waals surface area contributed by atoms with Gasteiger partial charge in [0.15, 0.2) is 39.7 Å². The Bertz CT molecular complexity index is 2830. The summed E-state index contributed by atoms with van der Waals surface area (Å²) < 4.78 is 77.8. The number of carboxylic acid groups (broad SMARTS) is 3. The van der Waals surface area contributed by atoms with E-state index >= 15 is 0 Å². The molecular weight excluding hydrogens is 1010 g/mol. The van der Waals surface area contributed by atoms with Gasteiger partial charge in [-0.15, -0.1) is 0 Å². The number of amides is 1. The first-order valence-electron chi connectivity index (χ1n) is 22.3. The van der Waals surface area contributed by atoms with Crippen LogP contribution in [0.25, 0.3) is 11.1 Å². The molecule has 8 unspecified atom stereocenters. The van der Waals surface area contributed by atoms with Crippen molar-refractivity contribution in [3.05, 3.63) is 114 Å². The molecule has 0 aliphatic carbocycles. The van der Waals surface area contributed by atoms with Crippen LogP contribution in [0.1, 0.15) is 23.3 Å². The molecule has 0 radical (unpaired) electrons. The van der Waals surface area contributed by atoms with Crippen molar-refractivity contribution in [3.63, 3.8) is 0 Å². The molecule has 0 saturated carbocycles. The number of aliphatic hydroxyl groups excluding tert-OH is 9. The molecule has 8 rings (SSSR count). The number of aliphatic hydroxyl groups is 9. The highest BCUT2D eigenvalue weighted by atomic mass is 32.2. The van der Waals surface area contributed by atoms with Crippen molar-refractivity contribution in [2.45, 2.75) is 110 Å². The maximum absolute atomic E-state index is 15.0. The minimum atomic E-state index is -4.97. The lowest BCUT2D eigenvalue weighted by Gasteiger charge is -2.47. The van der Waals surface area contributed by atoms with E-state index in [4.69, 9.17) is 28.4 Å². The van der Waals surface area contributed by atoms with Crippen molar-refractivity contribution in [2.24, 2.45) is 0 Å². The number of aliphatic carboxylic acids is 3. The van der Waals surface area contributed by atoms with Crippen LogP contribution in [0.2, 0.25) is 0 Å². The monoisotopic (exact) mass is 1060 g/mol. The predicted molar refractivity (Wildman–Crippen MR) is 241 cm³/mol. The zero-order valence-electron chi connectivity index (χ0n) is 37.8. The molecule has 18 atom stereocenters. The van der Waals surface area contributed by atoms with Gasteiger partial charge >= 0.3 is 17.9 Å². The summed E-state index contributed by atoms with van der Waals surface area (Å²) >= 11 is 0. The molecule has 1 amide bonds. The Morgan fingerprint density at radius 3 is 1.62 bits per heavy atom. The molecule has 0 bridgehead atoms. The van der Waals surface area contributed by atoms with E-state index in [-0.39, 0.29) is 33.7 Å². The number of ether oxygens (including phenoxy) is 6. The van der Waals surface area contributed by atoms with Crippen LogP contribution >= 0.6 is 0 Å². The van der Waals surface area contributed by atoms with Crippen LogP contribution in [0.4, 0.5) is 10.1 Å². The molecule has 74 heavy (non-hydrogen) atoms. The predicted octanol–water partition coefficient (Wildman–Crippen LogP) is -2.44. The van der Waals surface area contributed by atoms with Gasteiger partial charge in [0.1, 0.15) is 72.3 Å². The number of carbonyl (C=O) groups excluding carboxylic acids is 1. The van der Waals surface area contributed by atoms with Gasteiger partial charge in [-0.1, -0.05) is 54.6 Å². The van der Waals surface area contributed by atoms with Crippen molar-refractivity contribution < 1.29 is 122 Å². The average Bonchev–Trinajstić information content (AvgIpc) is 3.36. The first-order valence-corrected chi connectivity index (χ1v) is 24.1. The van der Waals surface area contributed by atoms with Gasteiger partial charge in [-0.2, -0.15) is 0 Å². The number of anilines is 1. The number of β-lactam (4-membered cyclic amide) rings is 1. The number of sulfone groups is 1. The highest BCUT2D eigenvalue weighted by Gasteiger charge is 2.58. The zero-order chi connectivity index (χ0) is 53.7. The lowest BCUT2D eigenvalue weighted by Crippen LogP contribution is -2.63. The van der Waals surface area contributed by atoms with Crippen LogP contribution in [0, 0.1) is 5.82 Å². The Labute approximate surface area is 416 Å². The van der Waals surface area contributed by atoms with E-state index in [0.29, 0.717) is 0 Å². The first kappa shape index (κ1) is 54.0. The van der Waals surface area contributed by atoms with E-state index in [1.807, 2.05) is 0 Å². The minimum absolute atomic E-state index is 0.113. The second-order valence-electron chi connectivity index (χ2n) is 17.6. The third-order valence-corrected chi connectivity index (χ3v) is 14.8. The summed E-state index contributed by atoms with van der Waals surface area (Å²) in [5.74, 6) is -8.84. The Balaban J connectivity index is 1.21. The number of halogens is 1. The lowest BCUT2D eigenvalue weighted by molar-refractivity contribution is -0.303. The fraction of sp³-hybridized carbons (Fsp3) is 0.404. The zero-order valence-corrected chi connectivity index (χ0v) is 38.7. The number of rotatable bonds is 16. The van der Waals surface area contributed by atoms with E-state index in [9.17, 15) is 93.3 Å². The molecule has 398 valence electrons. The van der Waals surface area contributed by atoms with E-state index in [1.165, 1.54) is 66.7 Å². The van der Waals surface area contributed by atoms with Crippen LogP contribution in [0.15, 0.2) is 97.1 Å². The topological polar surface area (TPSA) is 404 Å². The number of hydrogen-bond donors (Lipinski definition) is 12. The van der Waals surface area contributed by atoms with Crippen molar-refractivity contribution in [3.8, 4) is 22.6 Å². The van der Waals surface area contributed by atoms with Crippen molar-refractivity contribution in [1.29, 1.82) is 0 Å². The van der Waals surface area contributed by atoms with Crippen molar-refractivity contribution in [2.75, 3.05) is 10.7 Å². The molecule has 4 fully saturated rings. The summed E-state index contributed by atoms with van der Waals surface area (Å²) in [6, 6.07) is 19.4. The highest BCUT2D eigenvalue weighted by Crippen LogP contribution is 2.48. The van der Waals surface area contributed by atoms with Gasteiger partial charge in [0.05, 0.1) is 17.9 Å². The highest BCUT2D eigenvalue weighted by molar-refractivity contribution is 7.93. The lowest BCUT2D eigenvalue weighted by atomic mass is 9.90. The molecule has 4 saturated heterocycles. The third kappa shape index (κ3) is 10.5. The summed E-state index contributed by atoms with van der Waals surface area (Å²) in [4.78, 5) is 51.3. The molecular formula is C47H48FNO24S.